The van der Waals surface area contributed by atoms with Crippen molar-refractivity contribution in [1.29, 1.82) is 0 Å². The van der Waals surface area contributed by atoms with Crippen LogP contribution in [0.2, 0.25) is 0 Å². The summed E-state index contributed by atoms with van der Waals surface area (Å²) in [6, 6.07) is 0.434. The minimum Gasteiger partial charge on any atom is -0.391 e. The van der Waals surface area contributed by atoms with Crippen LogP contribution in [0.3, 0.4) is 0 Å². The Balaban J connectivity index is 2.47. The molecule has 2 atom stereocenters. The predicted molar refractivity (Wildman–Crippen MR) is 65.0 cm³/mol. The van der Waals surface area contributed by atoms with Gasteiger partial charge in [-0.25, -0.2) is 0 Å². The van der Waals surface area contributed by atoms with Gasteiger partial charge in [-0.05, 0) is 32.4 Å². The van der Waals surface area contributed by atoms with E-state index in [1.54, 1.807) is 0 Å². The van der Waals surface area contributed by atoms with Gasteiger partial charge >= 0.3 is 0 Å². The summed E-state index contributed by atoms with van der Waals surface area (Å²) in [4.78, 5) is 2.49. The fourth-order valence-corrected chi connectivity index (χ4v) is 2.61. The fraction of sp³-hybridized carbons (Fsp3) is 1.00. The third-order valence-electron chi connectivity index (χ3n) is 3.62. The molecule has 0 saturated heterocycles. The maximum atomic E-state index is 10.1. The van der Waals surface area contributed by atoms with E-state index in [1.165, 1.54) is 38.5 Å². The Hall–Kier alpha value is -0.0800. The minimum absolute atomic E-state index is 0.0793. The zero-order valence-corrected chi connectivity index (χ0v) is 10.4. The average molecular weight is 213 g/mol. The largest absolute Gasteiger partial charge is 0.391 e. The van der Waals surface area contributed by atoms with Gasteiger partial charge < -0.3 is 5.11 Å². The summed E-state index contributed by atoms with van der Waals surface area (Å²) < 4.78 is 0. The lowest BCUT2D eigenvalue weighted by atomic mass is 10.0. The van der Waals surface area contributed by atoms with Crippen molar-refractivity contribution < 1.29 is 5.11 Å². The number of likely N-dealkylation sites (N-methyl/N-ethyl adjacent to an activating group) is 1. The van der Waals surface area contributed by atoms with E-state index in [0.717, 1.165) is 19.5 Å². The van der Waals surface area contributed by atoms with Gasteiger partial charge in [-0.2, -0.15) is 0 Å². The van der Waals surface area contributed by atoms with Crippen molar-refractivity contribution in [2.24, 2.45) is 0 Å². The molecule has 15 heavy (non-hydrogen) atoms. The van der Waals surface area contributed by atoms with Crippen LogP contribution in [-0.4, -0.2) is 35.2 Å². The highest BCUT2D eigenvalue weighted by atomic mass is 16.3. The van der Waals surface area contributed by atoms with Gasteiger partial charge in [-0.3, -0.25) is 4.90 Å². The van der Waals surface area contributed by atoms with Crippen LogP contribution in [0.25, 0.3) is 0 Å². The second kappa shape index (κ2) is 7.24. The zero-order valence-electron chi connectivity index (χ0n) is 10.4. The van der Waals surface area contributed by atoms with Crippen molar-refractivity contribution in [3.8, 4) is 0 Å². The number of aliphatic hydroxyl groups excluding tert-OH is 1. The maximum absolute atomic E-state index is 10.1. The monoisotopic (exact) mass is 213 g/mol. The molecule has 2 unspecified atom stereocenters. The van der Waals surface area contributed by atoms with Crippen molar-refractivity contribution in [3.05, 3.63) is 0 Å². The third kappa shape index (κ3) is 4.12. The van der Waals surface area contributed by atoms with Crippen LogP contribution in [0.4, 0.5) is 0 Å². The molecule has 1 rings (SSSR count). The van der Waals surface area contributed by atoms with Crippen LogP contribution in [0.1, 0.15) is 58.8 Å². The first-order chi connectivity index (χ1) is 7.29. The van der Waals surface area contributed by atoms with Gasteiger partial charge in [0.1, 0.15) is 0 Å². The second-order valence-electron chi connectivity index (χ2n) is 4.75. The molecule has 1 saturated carbocycles. The highest BCUT2D eigenvalue weighted by Gasteiger charge is 2.25. The molecule has 1 fully saturated rings. The lowest BCUT2D eigenvalue weighted by molar-refractivity contribution is 0.0460. The first kappa shape index (κ1) is 13.0. The number of hydrogen-bond donors (Lipinski definition) is 1. The highest BCUT2D eigenvalue weighted by molar-refractivity contribution is 4.81. The van der Waals surface area contributed by atoms with Crippen molar-refractivity contribution in [2.45, 2.75) is 70.9 Å². The Kier molecular flexibility index (Phi) is 6.26. The summed E-state index contributed by atoms with van der Waals surface area (Å²) in [5.41, 5.74) is 0. The number of rotatable bonds is 5. The molecule has 2 heteroatoms. The Morgan fingerprint density at radius 2 is 1.87 bits per heavy atom. The Morgan fingerprint density at radius 1 is 1.13 bits per heavy atom. The summed E-state index contributed by atoms with van der Waals surface area (Å²) in [6.07, 6.45) is 8.44. The molecule has 1 N–H and O–H groups in total. The predicted octanol–water partition coefficient (Wildman–Crippen LogP) is 2.80. The van der Waals surface area contributed by atoms with Crippen molar-refractivity contribution in [2.75, 3.05) is 13.1 Å². The Morgan fingerprint density at radius 3 is 2.53 bits per heavy atom. The van der Waals surface area contributed by atoms with Gasteiger partial charge in [0.25, 0.3) is 0 Å². The van der Waals surface area contributed by atoms with E-state index in [0.29, 0.717) is 6.04 Å². The van der Waals surface area contributed by atoms with Crippen LogP contribution in [0.15, 0.2) is 0 Å². The number of nitrogens with zero attached hydrogens (tertiary/aromatic N) is 1. The van der Waals surface area contributed by atoms with E-state index in [1.807, 2.05) is 0 Å². The molecular formula is C13H27NO. The average Bonchev–Trinajstić information content (AvgIpc) is 2.45. The summed E-state index contributed by atoms with van der Waals surface area (Å²) in [5.74, 6) is 0. The molecule has 0 aromatic carbocycles. The lowest BCUT2D eigenvalue weighted by Crippen LogP contribution is -2.43. The van der Waals surface area contributed by atoms with Gasteiger partial charge in [0.2, 0.25) is 0 Å². The smallest absolute Gasteiger partial charge is 0.0695 e. The standard InChI is InChI=1S/C13H27NO/c1-3-5-11-14(4-2)12-9-7-6-8-10-13(12)15/h12-13,15H,3-11H2,1-2H3. The SMILES string of the molecule is CCCCN(CC)C1CCCCCC1O. The number of hydrogen-bond acceptors (Lipinski definition) is 2. The molecule has 90 valence electrons. The highest BCUT2D eigenvalue weighted by Crippen LogP contribution is 2.22. The van der Waals surface area contributed by atoms with Crippen molar-refractivity contribution in [1.82, 2.24) is 4.90 Å². The maximum Gasteiger partial charge on any atom is 0.0695 e. The van der Waals surface area contributed by atoms with Crippen molar-refractivity contribution >= 4 is 0 Å². The second-order valence-corrected chi connectivity index (χ2v) is 4.75. The quantitative estimate of drug-likeness (QED) is 0.710. The van der Waals surface area contributed by atoms with Crippen LogP contribution in [0, 0.1) is 0 Å². The Bertz CT molecular complexity index is 161. The van der Waals surface area contributed by atoms with Crippen LogP contribution in [-0.2, 0) is 0 Å². The van der Waals surface area contributed by atoms with Gasteiger partial charge in [-0.1, -0.05) is 39.5 Å². The minimum atomic E-state index is -0.0793. The molecule has 0 amide bonds. The van der Waals surface area contributed by atoms with E-state index in [9.17, 15) is 5.11 Å². The van der Waals surface area contributed by atoms with E-state index < -0.39 is 0 Å². The first-order valence-electron chi connectivity index (χ1n) is 6.71. The van der Waals surface area contributed by atoms with Gasteiger partial charge in [0, 0.05) is 6.04 Å². The van der Waals surface area contributed by atoms with Crippen LogP contribution in [0.5, 0.6) is 0 Å². The fourth-order valence-electron chi connectivity index (χ4n) is 2.61. The molecule has 0 aliphatic heterocycles. The van der Waals surface area contributed by atoms with Gasteiger partial charge in [0.15, 0.2) is 0 Å². The topological polar surface area (TPSA) is 23.5 Å². The Labute approximate surface area is 94.7 Å². The van der Waals surface area contributed by atoms with E-state index in [4.69, 9.17) is 0 Å². The molecule has 1 aliphatic carbocycles. The van der Waals surface area contributed by atoms with Gasteiger partial charge in [0.05, 0.1) is 6.10 Å². The van der Waals surface area contributed by atoms with E-state index >= 15 is 0 Å². The van der Waals surface area contributed by atoms with E-state index in [-0.39, 0.29) is 6.10 Å². The zero-order chi connectivity index (χ0) is 11.1. The molecule has 2 nitrogen and oxygen atoms in total. The van der Waals surface area contributed by atoms with Crippen molar-refractivity contribution in [3.63, 3.8) is 0 Å². The molecule has 0 aromatic rings. The normalized spacial score (nSPS) is 28.0. The number of unbranched alkanes of at least 4 members (excludes halogenated alkanes) is 1. The summed E-state index contributed by atoms with van der Waals surface area (Å²) in [7, 11) is 0. The summed E-state index contributed by atoms with van der Waals surface area (Å²) >= 11 is 0. The van der Waals surface area contributed by atoms with Crippen LogP contribution < -0.4 is 0 Å². The number of aliphatic hydroxyl groups is 1. The molecule has 0 radical (unpaired) electrons. The molecule has 1 aliphatic rings. The first-order valence-corrected chi connectivity index (χ1v) is 6.71. The molecule has 0 spiro atoms. The molecular weight excluding hydrogens is 186 g/mol. The summed E-state index contributed by atoms with van der Waals surface area (Å²) in [6.45, 7) is 6.70. The van der Waals surface area contributed by atoms with E-state index in [2.05, 4.69) is 18.7 Å². The lowest BCUT2D eigenvalue weighted by Gasteiger charge is -2.33. The van der Waals surface area contributed by atoms with Crippen LogP contribution >= 0.6 is 0 Å². The molecule has 0 bridgehead atoms. The molecule has 0 aromatic heterocycles. The third-order valence-corrected chi connectivity index (χ3v) is 3.62. The molecule has 0 heterocycles. The van der Waals surface area contributed by atoms with Gasteiger partial charge in [-0.15, -0.1) is 0 Å². The summed E-state index contributed by atoms with van der Waals surface area (Å²) in [5, 5.41) is 10.1.